The maximum Gasteiger partial charge on any atom is 0.472 e. The van der Waals surface area contributed by atoms with E-state index in [0.717, 1.165) is 108 Å². The van der Waals surface area contributed by atoms with Crippen molar-refractivity contribution in [1.82, 2.24) is 0 Å². The summed E-state index contributed by atoms with van der Waals surface area (Å²) in [6.45, 7) is 11.9. The second-order valence-corrected chi connectivity index (χ2v) is 32.4. The summed E-state index contributed by atoms with van der Waals surface area (Å²) >= 11 is 0. The van der Waals surface area contributed by atoms with Crippen molar-refractivity contribution < 1.29 is 80.2 Å². The number of phosphoric ester groups is 2. The van der Waals surface area contributed by atoms with Crippen LogP contribution in [0.4, 0.5) is 0 Å². The minimum absolute atomic E-state index is 0.105. The first-order valence-corrected chi connectivity index (χ1v) is 43.3. The number of esters is 4. The van der Waals surface area contributed by atoms with Gasteiger partial charge < -0.3 is 33.8 Å². The fraction of sp³-hybridized carbons (Fsp3) is 0.949. The molecule has 17 nitrogen and oxygen atoms in total. The average Bonchev–Trinajstić information content (AvgIpc) is 1.46. The van der Waals surface area contributed by atoms with Gasteiger partial charge in [0.25, 0.3) is 0 Å². The van der Waals surface area contributed by atoms with E-state index in [0.29, 0.717) is 25.7 Å². The summed E-state index contributed by atoms with van der Waals surface area (Å²) in [6.07, 6.45) is 55.5. The first-order chi connectivity index (χ1) is 46.7. The first kappa shape index (κ1) is 95.1. The van der Waals surface area contributed by atoms with Crippen LogP contribution in [0.3, 0.4) is 0 Å². The SMILES string of the molecule is CCCCCCCCCCCCCCCCCCCCCC(=O)O[C@H](COC(=O)CCCCCCCCCCCCC(C)C)COP(=O)(O)OC[C@@H](O)COP(=O)(O)OC[C@@H](COC(=O)CCCCCCCCCCCC(C)C)OC(=O)CCCCCCCCCCCCC(C)C. The summed E-state index contributed by atoms with van der Waals surface area (Å²) in [7, 11) is -9.92. The molecule has 2 unspecified atom stereocenters. The molecule has 0 radical (unpaired) electrons. The van der Waals surface area contributed by atoms with E-state index in [4.69, 9.17) is 37.0 Å². The monoisotopic (exact) mass is 1420 g/mol. The van der Waals surface area contributed by atoms with Gasteiger partial charge in [0.1, 0.15) is 19.3 Å². The molecule has 0 rings (SSSR count). The predicted octanol–water partition coefficient (Wildman–Crippen LogP) is 23.0. The summed E-state index contributed by atoms with van der Waals surface area (Å²) < 4.78 is 68.6. The minimum Gasteiger partial charge on any atom is -0.462 e. The molecule has 0 aromatic carbocycles. The Bertz CT molecular complexity index is 1890. The number of rotatable bonds is 76. The molecule has 0 aliphatic rings. The maximum absolute atomic E-state index is 13.1. The Morgan fingerprint density at radius 2 is 0.474 bits per heavy atom. The van der Waals surface area contributed by atoms with Crippen molar-refractivity contribution in [2.45, 2.75) is 420 Å². The van der Waals surface area contributed by atoms with E-state index < -0.39 is 97.5 Å². The quantitative estimate of drug-likeness (QED) is 0.0222. The van der Waals surface area contributed by atoms with Crippen molar-refractivity contribution in [3.8, 4) is 0 Å². The smallest absolute Gasteiger partial charge is 0.462 e. The van der Waals surface area contributed by atoms with Crippen LogP contribution in [0.2, 0.25) is 0 Å². The fourth-order valence-electron chi connectivity index (χ4n) is 12.0. The molecule has 0 bridgehead atoms. The summed E-state index contributed by atoms with van der Waals surface area (Å²) in [5.41, 5.74) is 0. The number of phosphoric acid groups is 2. The van der Waals surface area contributed by atoms with Crippen molar-refractivity contribution in [2.24, 2.45) is 17.8 Å². The second kappa shape index (κ2) is 68.5. The lowest BCUT2D eigenvalue weighted by Crippen LogP contribution is -2.30. The van der Waals surface area contributed by atoms with E-state index >= 15 is 0 Å². The van der Waals surface area contributed by atoms with Crippen LogP contribution in [0.15, 0.2) is 0 Å². The lowest BCUT2D eigenvalue weighted by atomic mass is 10.0. The van der Waals surface area contributed by atoms with Crippen molar-refractivity contribution in [3.63, 3.8) is 0 Å². The van der Waals surface area contributed by atoms with E-state index in [1.807, 2.05) is 0 Å². The van der Waals surface area contributed by atoms with Gasteiger partial charge in [0.05, 0.1) is 26.4 Å². The second-order valence-electron chi connectivity index (χ2n) is 29.5. The lowest BCUT2D eigenvalue weighted by Gasteiger charge is -2.21. The molecule has 97 heavy (non-hydrogen) atoms. The van der Waals surface area contributed by atoms with Gasteiger partial charge in [0, 0.05) is 25.7 Å². The van der Waals surface area contributed by atoms with E-state index in [9.17, 15) is 43.2 Å². The molecule has 0 saturated carbocycles. The Kier molecular flexibility index (Phi) is 67.1. The first-order valence-electron chi connectivity index (χ1n) is 40.3. The minimum atomic E-state index is -4.96. The van der Waals surface area contributed by atoms with Gasteiger partial charge in [-0.25, -0.2) is 9.13 Å². The highest BCUT2D eigenvalue weighted by atomic mass is 31.2. The van der Waals surface area contributed by atoms with Crippen molar-refractivity contribution in [2.75, 3.05) is 39.6 Å². The third-order valence-corrected chi connectivity index (χ3v) is 20.0. The molecule has 5 atom stereocenters. The van der Waals surface area contributed by atoms with Gasteiger partial charge in [0.15, 0.2) is 12.2 Å². The number of ether oxygens (including phenoxy) is 4. The third-order valence-electron chi connectivity index (χ3n) is 18.1. The Morgan fingerprint density at radius 3 is 0.701 bits per heavy atom. The average molecular weight is 1420 g/mol. The number of hydrogen-bond acceptors (Lipinski definition) is 15. The fourth-order valence-corrected chi connectivity index (χ4v) is 13.5. The van der Waals surface area contributed by atoms with Crippen LogP contribution >= 0.6 is 15.6 Å². The van der Waals surface area contributed by atoms with Crippen molar-refractivity contribution >= 4 is 39.5 Å². The topological polar surface area (TPSA) is 237 Å². The molecule has 0 heterocycles. The highest BCUT2D eigenvalue weighted by Crippen LogP contribution is 2.45. The molecule has 576 valence electrons. The van der Waals surface area contributed by atoms with Crippen LogP contribution in [-0.2, 0) is 65.4 Å². The van der Waals surface area contributed by atoms with Gasteiger partial charge in [-0.2, -0.15) is 0 Å². The summed E-state index contributed by atoms with van der Waals surface area (Å²) in [5.74, 6) is 0.139. The number of aliphatic hydroxyl groups excluding tert-OH is 1. The molecule has 0 aromatic rings. The van der Waals surface area contributed by atoms with Crippen LogP contribution < -0.4 is 0 Å². The number of hydrogen-bond donors (Lipinski definition) is 3. The number of aliphatic hydroxyl groups is 1. The zero-order valence-electron chi connectivity index (χ0n) is 63.5. The van der Waals surface area contributed by atoms with Crippen molar-refractivity contribution in [3.05, 3.63) is 0 Å². The zero-order chi connectivity index (χ0) is 71.6. The molecule has 0 spiro atoms. The van der Waals surface area contributed by atoms with Crippen LogP contribution in [-0.4, -0.2) is 96.7 Å². The van der Waals surface area contributed by atoms with Crippen molar-refractivity contribution in [1.29, 1.82) is 0 Å². The van der Waals surface area contributed by atoms with Gasteiger partial charge in [-0.1, -0.05) is 350 Å². The standard InChI is InChI=1S/C78H152O17P2/c1-8-9-10-11-12-13-14-15-16-17-18-19-20-21-22-32-40-47-54-61-77(82)94-73(65-88-75(80)59-52-45-38-31-25-23-28-35-42-49-56-69(2)3)67-92-96(84,85)90-63-72(79)64-91-97(86,87)93-68-74(66-89-76(81)60-53-46-39-34-27-30-37-44-51-58-71(6)7)95-78(83)62-55-48-41-33-26-24-29-36-43-50-57-70(4)5/h69-74,79H,8-68H2,1-7H3,(H,84,85)(H,86,87)/t72-,73-,74-/m1/s1. The van der Waals surface area contributed by atoms with Gasteiger partial charge in [-0.05, 0) is 43.4 Å². The normalized spacial score (nSPS) is 14.0. The van der Waals surface area contributed by atoms with Crippen LogP contribution in [0.5, 0.6) is 0 Å². The maximum atomic E-state index is 13.1. The number of carbonyl (C=O) groups excluding carboxylic acids is 4. The molecule has 0 aromatic heterocycles. The Balaban J connectivity index is 5.25. The van der Waals surface area contributed by atoms with Gasteiger partial charge in [0.2, 0.25) is 0 Å². The molecule has 0 amide bonds. The van der Waals surface area contributed by atoms with Gasteiger partial charge >= 0.3 is 39.5 Å². The zero-order valence-corrected chi connectivity index (χ0v) is 65.3. The van der Waals surface area contributed by atoms with E-state index in [1.54, 1.807) is 0 Å². The number of carbonyl (C=O) groups is 4. The molecular formula is C78H152O17P2. The Labute approximate surface area is 594 Å². The molecule has 19 heteroatoms. The van der Waals surface area contributed by atoms with Gasteiger partial charge in [-0.3, -0.25) is 37.3 Å². The van der Waals surface area contributed by atoms with Crippen LogP contribution in [0.25, 0.3) is 0 Å². The molecular weight excluding hydrogens is 1270 g/mol. The summed E-state index contributed by atoms with van der Waals surface area (Å²) in [4.78, 5) is 72.9. The largest absolute Gasteiger partial charge is 0.472 e. The molecule has 0 aliphatic carbocycles. The lowest BCUT2D eigenvalue weighted by molar-refractivity contribution is -0.161. The highest BCUT2D eigenvalue weighted by Gasteiger charge is 2.30. The van der Waals surface area contributed by atoms with Gasteiger partial charge in [-0.15, -0.1) is 0 Å². The third kappa shape index (κ3) is 72.2. The van der Waals surface area contributed by atoms with Crippen LogP contribution in [0.1, 0.15) is 402 Å². The highest BCUT2D eigenvalue weighted by molar-refractivity contribution is 7.47. The molecule has 3 N–H and O–H groups in total. The molecule has 0 saturated heterocycles. The van der Waals surface area contributed by atoms with E-state index in [1.165, 1.54) is 212 Å². The summed E-state index contributed by atoms with van der Waals surface area (Å²) in [5, 5.41) is 10.6. The Morgan fingerprint density at radius 1 is 0.278 bits per heavy atom. The molecule has 0 fully saturated rings. The summed E-state index contributed by atoms with van der Waals surface area (Å²) in [6, 6.07) is 0. The van der Waals surface area contributed by atoms with E-state index in [-0.39, 0.29) is 25.7 Å². The number of unbranched alkanes of at least 4 members (excludes halogenated alkanes) is 44. The Hall–Kier alpha value is -1.94. The predicted molar refractivity (Wildman–Crippen MR) is 395 cm³/mol. The van der Waals surface area contributed by atoms with E-state index in [2.05, 4.69) is 48.5 Å². The molecule has 0 aliphatic heterocycles. The van der Waals surface area contributed by atoms with Crippen LogP contribution in [0, 0.1) is 17.8 Å².